The zero-order valence-corrected chi connectivity index (χ0v) is 12.4. The topological polar surface area (TPSA) is 59.3 Å². The molecule has 2 rings (SSSR count). The number of alkyl halides is 1. The van der Waals surface area contributed by atoms with Crippen LogP contribution in [-0.4, -0.2) is 21.5 Å². The van der Waals surface area contributed by atoms with E-state index in [4.69, 9.17) is 11.6 Å². The van der Waals surface area contributed by atoms with Crippen LogP contribution in [0.5, 0.6) is 0 Å². The van der Waals surface area contributed by atoms with Gasteiger partial charge in [0.1, 0.15) is 5.56 Å². The van der Waals surface area contributed by atoms with Crippen molar-refractivity contribution in [1.82, 2.24) is 4.57 Å². The van der Waals surface area contributed by atoms with Gasteiger partial charge in [-0.05, 0) is 18.9 Å². The molecule has 0 saturated heterocycles. The van der Waals surface area contributed by atoms with E-state index in [1.54, 1.807) is 6.92 Å². The summed E-state index contributed by atoms with van der Waals surface area (Å²) >= 11 is 5.74. The van der Waals surface area contributed by atoms with Crippen molar-refractivity contribution in [1.29, 1.82) is 0 Å². The molecule has 0 spiro atoms. The fraction of sp³-hybridized carbons (Fsp3) is 0.250. The van der Waals surface area contributed by atoms with Gasteiger partial charge in [-0.25, -0.2) is 4.79 Å². The maximum absolute atomic E-state index is 12.1. The molecule has 0 fully saturated rings. The second-order valence-electron chi connectivity index (χ2n) is 4.72. The molecule has 0 aliphatic rings. The standard InChI is InChI=1S/C16H16ClNO3/c1-11-15(16(20)21)14(19)10-13(18(11)9-5-8-17)12-6-3-2-4-7-12/h2-4,6-7,10H,5,8-9H2,1H3,(H,20,21). The average Bonchev–Trinajstić information content (AvgIpc) is 2.46. The van der Waals surface area contributed by atoms with Crippen LogP contribution in [0.25, 0.3) is 11.3 Å². The van der Waals surface area contributed by atoms with Crippen LogP contribution < -0.4 is 5.43 Å². The fourth-order valence-electron chi connectivity index (χ4n) is 2.38. The minimum atomic E-state index is -1.20. The summed E-state index contributed by atoms with van der Waals surface area (Å²) in [6, 6.07) is 10.8. The van der Waals surface area contributed by atoms with Crippen LogP contribution in [0.4, 0.5) is 0 Å². The third-order valence-corrected chi connectivity index (χ3v) is 3.64. The Balaban J connectivity index is 2.69. The van der Waals surface area contributed by atoms with Gasteiger partial charge in [-0.15, -0.1) is 11.6 Å². The van der Waals surface area contributed by atoms with Crippen LogP contribution in [0.3, 0.4) is 0 Å². The molecule has 5 heteroatoms. The third kappa shape index (κ3) is 3.16. The highest BCUT2D eigenvalue weighted by atomic mass is 35.5. The highest BCUT2D eigenvalue weighted by molar-refractivity contribution is 6.17. The minimum Gasteiger partial charge on any atom is -0.477 e. The molecule has 1 N–H and O–H groups in total. The highest BCUT2D eigenvalue weighted by Gasteiger charge is 2.18. The quantitative estimate of drug-likeness (QED) is 0.863. The Morgan fingerprint density at radius 3 is 2.52 bits per heavy atom. The molecule has 0 aliphatic heterocycles. The van der Waals surface area contributed by atoms with Crippen LogP contribution in [-0.2, 0) is 6.54 Å². The zero-order valence-electron chi connectivity index (χ0n) is 11.7. The number of carbonyl (C=O) groups is 1. The monoisotopic (exact) mass is 305 g/mol. The second-order valence-corrected chi connectivity index (χ2v) is 5.10. The van der Waals surface area contributed by atoms with Gasteiger partial charge in [0.2, 0.25) is 0 Å². The molecule has 0 bridgehead atoms. The molecule has 4 nitrogen and oxygen atoms in total. The summed E-state index contributed by atoms with van der Waals surface area (Å²) < 4.78 is 1.85. The third-order valence-electron chi connectivity index (χ3n) is 3.37. The molecule has 110 valence electrons. The zero-order chi connectivity index (χ0) is 15.4. The summed E-state index contributed by atoms with van der Waals surface area (Å²) in [5.41, 5.74) is 1.40. The van der Waals surface area contributed by atoms with Crippen molar-refractivity contribution in [3.05, 3.63) is 57.9 Å². The number of halogens is 1. The Bertz CT molecular complexity index is 707. The summed E-state index contributed by atoms with van der Waals surface area (Å²) in [6.45, 7) is 2.23. The first-order chi connectivity index (χ1) is 10.1. The van der Waals surface area contributed by atoms with Crippen LogP contribution >= 0.6 is 11.6 Å². The molecule has 0 aliphatic carbocycles. The number of carboxylic acids is 1. The van der Waals surface area contributed by atoms with E-state index in [1.165, 1.54) is 6.07 Å². The van der Waals surface area contributed by atoms with Crippen molar-refractivity contribution in [2.45, 2.75) is 19.9 Å². The molecule has 1 heterocycles. The summed E-state index contributed by atoms with van der Waals surface area (Å²) in [4.78, 5) is 23.4. The van der Waals surface area contributed by atoms with E-state index in [0.717, 1.165) is 5.56 Å². The van der Waals surface area contributed by atoms with Crippen molar-refractivity contribution in [2.75, 3.05) is 5.88 Å². The highest BCUT2D eigenvalue weighted by Crippen LogP contribution is 2.21. The number of hydrogen-bond donors (Lipinski definition) is 1. The molecule has 0 unspecified atom stereocenters. The Morgan fingerprint density at radius 2 is 1.95 bits per heavy atom. The molecular weight excluding hydrogens is 290 g/mol. The number of aromatic nitrogens is 1. The van der Waals surface area contributed by atoms with Crippen molar-refractivity contribution < 1.29 is 9.90 Å². The summed E-state index contributed by atoms with van der Waals surface area (Å²) in [5, 5.41) is 9.22. The first kappa shape index (κ1) is 15.3. The number of rotatable bonds is 5. The Labute approximate surface area is 127 Å². The van der Waals surface area contributed by atoms with Gasteiger partial charge in [0.15, 0.2) is 5.43 Å². The number of pyridine rings is 1. The van der Waals surface area contributed by atoms with Crippen molar-refractivity contribution in [2.24, 2.45) is 0 Å². The number of carboxylic acid groups (broad SMARTS) is 1. The largest absolute Gasteiger partial charge is 0.477 e. The maximum atomic E-state index is 12.1. The lowest BCUT2D eigenvalue weighted by molar-refractivity contribution is 0.0693. The van der Waals surface area contributed by atoms with E-state index >= 15 is 0 Å². The Kier molecular flexibility index (Phi) is 4.81. The number of nitrogens with zero attached hydrogens (tertiary/aromatic N) is 1. The van der Waals surface area contributed by atoms with Crippen LogP contribution in [0.1, 0.15) is 22.5 Å². The predicted molar refractivity (Wildman–Crippen MR) is 83.2 cm³/mol. The molecule has 2 aromatic rings. The van der Waals surface area contributed by atoms with Gasteiger partial charge in [0.05, 0.1) is 5.69 Å². The molecular formula is C16H16ClNO3. The van der Waals surface area contributed by atoms with Crippen LogP contribution in [0.15, 0.2) is 41.2 Å². The fourth-order valence-corrected chi connectivity index (χ4v) is 2.50. The minimum absolute atomic E-state index is 0.177. The van der Waals surface area contributed by atoms with Gasteiger partial charge < -0.3 is 9.67 Å². The van der Waals surface area contributed by atoms with Gasteiger partial charge in [-0.1, -0.05) is 30.3 Å². The summed E-state index contributed by atoms with van der Waals surface area (Å²) in [7, 11) is 0. The molecule has 0 radical (unpaired) electrons. The van der Waals surface area contributed by atoms with E-state index in [-0.39, 0.29) is 5.56 Å². The number of hydrogen-bond acceptors (Lipinski definition) is 2. The molecule has 0 amide bonds. The van der Waals surface area contributed by atoms with Gasteiger partial charge in [-0.3, -0.25) is 4.79 Å². The van der Waals surface area contributed by atoms with E-state index < -0.39 is 11.4 Å². The molecule has 0 atom stereocenters. The van der Waals surface area contributed by atoms with E-state index in [1.807, 2.05) is 34.9 Å². The van der Waals surface area contributed by atoms with Gasteiger partial charge in [-0.2, -0.15) is 0 Å². The SMILES string of the molecule is Cc1c(C(=O)O)c(=O)cc(-c2ccccc2)n1CCCCl. The van der Waals surface area contributed by atoms with E-state index in [2.05, 4.69) is 0 Å². The molecule has 21 heavy (non-hydrogen) atoms. The first-order valence-electron chi connectivity index (χ1n) is 6.65. The van der Waals surface area contributed by atoms with Crippen molar-refractivity contribution in [3.8, 4) is 11.3 Å². The van der Waals surface area contributed by atoms with E-state index in [0.29, 0.717) is 30.2 Å². The van der Waals surface area contributed by atoms with Crippen LogP contribution in [0, 0.1) is 6.92 Å². The summed E-state index contributed by atoms with van der Waals surface area (Å²) in [5.74, 6) is -0.723. The Morgan fingerprint density at radius 1 is 1.29 bits per heavy atom. The van der Waals surface area contributed by atoms with Gasteiger partial charge in [0.25, 0.3) is 0 Å². The smallest absolute Gasteiger partial charge is 0.341 e. The predicted octanol–water partition coefficient (Wildman–Crippen LogP) is 3.15. The maximum Gasteiger partial charge on any atom is 0.341 e. The van der Waals surface area contributed by atoms with Gasteiger partial charge in [0, 0.05) is 24.2 Å². The van der Waals surface area contributed by atoms with Gasteiger partial charge >= 0.3 is 5.97 Å². The molecule has 1 aromatic heterocycles. The lowest BCUT2D eigenvalue weighted by atomic mass is 10.1. The second kappa shape index (κ2) is 6.59. The van der Waals surface area contributed by atoms with Crippen molar-refractivity contribution >= 4 is 17.6 Å². The summed E-state index contributed by atoms with van der Waals surface area (Å²) in [6.07, 6.45) is 0.699. The first-order valence-corrected chi connectivity index (χ1v) is 7.19. The molecule has 0 saturated carbocycles. The lowest BCUT2D eigenvalue weighted by Gasteiger charge is -2.18. The Hall–Kier alpha value is -2.07. The molecule has 1 aromatic carbocycles. The normalized spacial score (nSPS) is 10.6. The average molecular weight is 306 g/mol. The number of benzene rings is 1. The lowest BCUT2D eigenvalue weighted by Crippen LogP contribution is -2.22. The number of aromatic carboxylic acids is 1. The van der Waals surface area contributed by atoms with Crippen molar-refractivity contribution in [3.63, 3.8) is 0 Å². The van der Waals surface area contributed by atoms with E-state index in [9.17, 15) is 14.7 Å². The van der Waals surface area contributed by atoms with Crippen LogP contribution in [0.2, 0.25) is 0 Å².